The number of aromatic nitrogens is 2. The highest BCUT2D eigenvalue weighted by molar-refractivity contribution is 7.99. The van der Waals surface area contributed by atoms with Crippen LogP contribution in [-0.4, -0.2) is 60.7 Å². The summed E-state index contributed by atoms with van der Waals surface area (Å²) in [7, 11) is 4.64. The van der Waals surface area contributed by atoms with Crippen molar-refractivity contribution in [1.82, 2.24) is 15.1 Å². The Labute approximate surface area is 174 Å². The zero-order chi connectivity index (χ0) is 20.8. The fraction of sp³-hybridized carbons (Fsp3) is 0.550. The highest BCUT2D eigenvalue weighted by Gasteiger charge is 2.26. The van der Waals surface area contributed by atoms with Gasteiger partial charge in [-0.15, -0.1) is 10.2 Å². The number of methoxy groups -OCH3 is 3. The highest BCUT2D eigenvalue weighted by atomic mass is 32.2. The second-order valence-electron chi connectivity index (χ2n) is 6.72. The van der Waals surface area contributed by atoms with E-state index in [1.807, 2.05) is 4.90 Å². The highest BCUT2D eigenvalue weighted by Crippen LogP contribution is 2.41. The number of likely N-dealkylation sites (tertiary alicyclic amines) is 1. The third kappa shape index (κ3) is 4.77. The summed E-state index contributed by atoms with van der Waals surface area (Å²) in [5.74, 6) is 2.22. The van der Waals surface area contributed by atoms with Gasteiger partial charge in [-0.25, -0.2) is 0 Å². The molecule has 1 aliphatic heterocycles. The SMILES string of the molecule is CC[C@H]1CCCCN1C(=O)CSc1nnc(-c2cc(OC)c(OC)c(OC)c2)o1. The Balaban J connectivity index is 1.70. The molecular weight excluding hydrogens is 394 g/mol. The first-order valence-corrected chi connectivity index (χ1v) is 10.7. The van der Waals surface area contributed by atoms with Crippen molar-refractivity contribution in [2.45, 2.75) is 43.9 Å². The van der Waals surface area contributed by atoms with Crippen LogP contribution < -0.4 is 14.2 Å². The van der Waals surface area contributed by atoms with Gasteiger partial charge in [0, 0.05) is 18.2 Å². The normalized spacial score (nSPS) is 16.6. The monoisotopic (exact) mass is 421 g/mol. The quantitative estimate of drug-likeness (QED) is 0.597. The molecule has 0 unspecified atom stereocenters. The molecule has 9 heteroatoms. The van der Waals surface area contributed by atoms with E-state index in [0.29, 0.717) is 40.0 Å². The number of amides is 1. The second-order valence-corrected chi connectivity index (χ2v) is 7.65. The van der Waals surface area contributed by atoms with Crippen molar-refractivity contribution < 1.29 is 23.4 Å². The fourth-order valence-corrected chi connectivity index (χ4v) is 4.20. The van der Waals surface area contributed by atoms with Crippen LogP contribution in [0.15, 0.2) is 21.8 Å². The van der Waals surface area contributed by atoms with E-state index in [0.717, 1.165) is 25.8 Å². The van der Waals surface area contributed by atoms with E-state index in [2.05, 4.69) is 17.1 Å². The van der Waals surface area contributed by atoms with Gasteiger partial charge in [-0.2, -0.15) is 0 Å². The van der Waals surface area contributed by atoms with Gasteiger partial charge in [-0.1, -0.05) is 18.7 Å². The molecule has 3 rings (SSSR count). The van der Waals surface area contributed by atoms with Gasteiger partial charge >= 0.3 is 0 Å². The molecule has 2 heterocycles. The summed E-state index contributed by atoms with van der Waals surface area (Å²) in [6, 6.07) is 3.83. The average Bonchev–Trinajstić information content (AvgIpc) is 3.25. The van der Waals surface area contributed by atoms with Crippen molar-refractivity contribution >= 4 is 17.7 Å². The number of ether oxygens (including phenoxy) is 3. The van der Waals surface area contributed by atoms with E-state index in [1.165, 1.54) is 18.2 Å². The van der Waals surface area contributed by atoms with Crippen LogP contribution in [0.25, 0.3) is 11.5 Å². The Bertz CT molecular complexity index is 816. The Morgan fingerprint density at radius 2 is 1.90 bits per heavy atom. The average molecular weight is 422 g/mol. The standard InChI is InChI=1S/C20H27N3O5S/c1-5-14-8-6-7-9-23(14)17(24)12-29-20-22-21-19(28-20)13-10-15(25-2)18(27-4)16(11-13)26-3/h10-11,14H,5-9,12H2,1-4H3/t14-/m0/s1. The van der Waals surface area contributed by atoms with Crippen molar-refractivity contribution in [1.29, 1.82) is 0 Å². The predicted octanol–water partition coefficient (Wildman–Crippen LogP) is 3.65. The summed E-state index contributed by atoms with van der Waals surface area (Å²) in [4.78, 5) is 14.6. The Hall–Kier alpha value is -2.42. The Morgan fingerprint density at radius 3 is 2.52 bits per heavy atom. The molecule has 1 amide bonds. The first-order chi connectivity index (χ1) is 14.1. The maximum absolute atomic E-state index is 12.6. The number of benzene rings is 1. The molecule has 0 radical (unpaired) electrons. The summed E-state index contributed by atoms with van der Waals surface area (Å²) in [5.41, 5.74) is 0.646. The summed E-state index contributed by atoms with van der Waals surface area (Å²) in [6.45, 7) is 2.96. The molecule has 1 saturated heterocycles. The molecule has 0 bridgehead atoms. The number of thioether (sulfide) groups is 1. The van der Waals surface area contributed by atoms with Gasteiger partial charge in [0.2, 0.25) is 17.5 Å². The van der Waals surface area contributed by atoms with Crippen molar-refractivity contribution in [3.8, 4) is 28.7 Å². The molecule has 8 nitrogen and oxygen atoms in total. The third-order valence-corrected chi connectivity index (χ3v) is 5.86. The zero-order valence-corrected chi connectivity index (χ0v) is 18.1. The van der Waals surface area contributed by atoms with Crippen LogP contribution in [0.3, 0.4) is 0 Å². The number of hydrogen-bond donors (Lipinski definition) is 0. The van der Waals surface area contributed by atoms with E-state index in [4.69, 9.17) is 18.6 Å². The van der Waals surface area contributed by atoms with Crippen molar-refractivity contribution in [2.75, 3.05) is 33.6 Å². The van der Waals surface area contributed by atoms with Gasteiger partial charge in [0.25, 0.3) is 5.22 Å². The lowest BCUT2D eigenvalue weighted by Crippen LogP contribution is -2.44. The summed E-state index contributed by atoms with van der Waals surface area (Å²) in [6.07, 6.45) is 4.33. The molecule has 1 aliphatic rings. The molecule has 29 heavy (non-hydrogen) atoms. The molecule has 1 fully saturated rings. The molecule has 1 aromatic carbocycles. The molecule has 0 N–H and O–H groups in total. The lowest BCUT2D eigenvalue weighted by molar-refractivity contribution is -0.132. The van der Waals surface area contributed by atoms with Crippen LogP contribution in [-0.2, 0) is 4.79 Å². The lowest BCUT2D eigenvalue weighted by atomic mass is 10.0. The minimum atomic E-state index is 0.120. The van der Waals surface area contributed by atoms with Crippen LogP contribution >= 0.6 is 11.8 Å². The molecule has 1 atom stereocenters. The minimum absolute atomic E-state index is 0.120. The van der Waals surface area contributed by atoms with E-state index in [-0.39, 0.29) is 11.7 Å². The van der Waals surface area contributed by atoms with Crippen LogP contribution in [0.2, 0.25) is 0 Å². The summed E-state index contributed by atoms with van der Waals surface area (Å²) >= 11 is 1.26. The number of carbonyl (C=O) groups is 1. The second kappa shape index (κ2) is 9.87. The van der Waals surface area contributed by atoms with Crippen molar-refractivity contribution in [3.63, 3.8) is 0 Å². The van der Waals surface area contributed by atoms with E-state index >= 15 is 0 Å². The Morgan fingerprint density at radius 1 is 1.17 bits per heavy atom. The van der Waals surface area contributed by atoms with Crippen LogP contribution in [0.1, 0.15) is 32.6 Å². The minimum Gasteiger partial charge on any atom is -0.493 e. The van der Waals surface area contributed by atoms with Gasteiger partial charge in [0.15, 0.2) is 11.5 Å². The summed E-state index contributed by atoms with van der Waals surface area (Å²) < 4.78 is 21.8. The topological polar surface area (TPSA) is 86.9 Å². The van der Waals surface area contributed by atoms with Gasteiger partial charge < -0.3 is 23.5 Å². The molecule has 0 saturated carbocycles. The molecule has 2 aromatic rings. The number of piperidine rings is 1. The first kappa shape index (κ1) is 21.3. The van der Waals surface area contributed by atoms with Crippen LogP contribution in [0.5, 0.6) is 17.2 Å². The first-order valence-electron chi connectivity index (χ1n) is 9.67. The zero-order valence-electron chi connectivity index (χ0n) is 17.3. The fourth-order valence-electron chi connectivity index (χ4n) is 3.55. The molecule has 0 spiro atoms. The van der Waals surface area contributed by atoms with E-state index in [1.54, 1.807) is 33.5 Å². The van der Waals surface area contributed by atoms with Gasteiger partial charge in [-0.05, 0) is 37.8 Å². The maximum Gasteiger partial charge on any atom is 0.277 e. The number of carbonyl (C=O) groups excluding carboxylic acids is 1. The van der Waals surface area contributed by atoms with E-state index < -0.39 is 0 Å². The molecule has 158 valence electrons. The van der Waals surface area contributed by atoms with Crippen molar-refractivity contribution in [3.05, 3.63) is 12.1 Å². The molecule has 1 aromatic heterocycles. The Kier molecular flexibility index (Phi) is 7.24. The van der Waals surface area contributed by atoms with Gasteiger partial charge in [-0.3, -0.25) is 4.79 Å². The lowest BCUT2D eigenvalue weighted by Gasteiger charge is -2.35. The van der Waals surface area contributed by atoms with Crippen LogP contribution in [0.4, 0.5) is 0 Å². The smallest absolute Gasteiger partial charge is 0.277 e. The van der Waals surface area contributed by atoms with Crippen molar-refractivity contribution in [2.24, 2.45) is 0 Å². The van der Waals surface area contributed by atoms with Crippen LogP contribution in [0, 0.1) is 0 Å². The predicted molar refractivity (Wildman–Crippen MR) is 110 cm³/mol. The maximum atomic E-state index is 12.6. The number of nitrogens with zero attached hydrogens (tertiary/aromatic N) is 3. The third-order valence-electron chi connectivity index (χ3n) is 5.06. The van der Waals surface area contributed by atoms with Gasteiger partial charge in [0.1, 0.15) is 0 Å². The molecular formula is C20H27N3O5S. The number of hydrogen-bond acceptors (Lipinski definition) is 8. The summed E-state index contributed by atoms with van der Waals surface area (Å²) in [5, 5.41) is 8.52. The number of rotatable bonds is 8. The largest absolute Gasteiger partial charge is 0.493 e. The van der Waals surface area contributed by atoms with Gasteiger partial charge in [0.05, 0.1) is 27.1 Å². The molecule has 0 aliphatic carbocycles. The van der Waals surface area contributed by atoms with E-state index in [9.17, 15) is 4.79 Å².